The lowest BCUT2D eigenvalue weighted by Gasteiger charge is -2.05. The summed E-state index contributed by atoms with van der Waals surface area (Å²) < 4.78 is 5.10. The fourth-order valence-corrected chi connectivity index (χ4v) is 2.78. The molecular weight excluding hydrogens is 306 g/mol. The van der Waals surface area contributed by atoms with Gasteiger partial charge in [-0.15, -0.1) is 0 Å². The van der Waals surface area contributed by atoms with Gasteiger partial charge in [0.1, 0.15) is 12.4 Å². The van der Waals surface area contributed by atoms with Crippen LogP contribution in [0.5, 0.6) is 0 Å². The maximum atomic E-state index is 12.2. The second-order valence-corrected chi connectivity index (χ2v) is 5.91. The Kier molecular flexibility index (Phi) is 3.96. The number of amides is 1. The van der Waals surface area contributed by atoms with E-state index in [1.54, 1.807) is 22.6 Å². The molecule has 0 saturated heterocycles. The van der Waals surface area contributed by atoms with Gasteiger partial charge in [-0.05, 0) is 26.8 Å². The summed E-state index contributed by atoms with van der Waals surface area (Å²) in [6.45, 7) is 5.99. The van der Waals surface area contributed by atoms with Crippen molar-refractivity contribution in [2.45, 2.75) is 27.3 Å². The van der Waals surface area contributed by atoms with Crippen LogP contribution in [0.3, 0.4) is 0 Å². The third kappa shape index (κ3) is 2.94. The summed E-state index contributed by atoms with van der Waals surface area (Å²) in [5.41, 5.74) is 4.67. The van der Waals surface area contributed by atoms with E-state index in [1.165, 1.54) is 0 Å². The molecule has 8 heteroatoms. The Bertz CT molecular complexity index is 900. The summed E-state index contributed by atoms with van der Waals surface area (Å²) in [6.07, 6.45) is 1.80. The molecule has 0 aliphatic heterocycles. The maximum absolute atomic E-state index is 12.2. The molecule has 0 aromatic carbocycles. The van der Waals surface area contributed by atoms with Crippen LogP contribution in [0, 0.1) is 20.8 Å². The topological polar surface area (TPSA) is 82.6 Å². The number of aryl methyl sites for hydroxylation is 4. The predicted octanol–water partition coefficient (Wildman–Crippen LogP) is 1.58. The molecule has 3 aromatic rings. The largest absolute Gasteiger partial charge is 0.309 e. The van der Waals surface area contributed by atoms with Crippen molar-refractivity contribution in [3.8, 4) is 11.3 Å². The lowest BCUT2D eigenvalue weighted by atomic mass is 10.1. The van der Waals surface area contributed by atoms with E-state index in [0.29, 0.717) is 5.82 Å². The van der Waals surface area contributed by atoms with Crippen LogP contribution in [0.4, 0.5) is 5.82 Å². The van der Waals surface area contributed by atoms with Crippen LogP contribution in [-0.2, 0) is 25.4 Å². The summed E-state index contributed by atoms with van der Waals surface area (Å²) in [6, 6.07) is 3.73. The highest BCUT2D eigenvalue weighted by atomic mass is 16.2. The number of carbonyl (C=O) groups is 1. The van der Waals surface area contributed by atoms with Crippen molar-refractivity contribution in [1.82, 2.24) is 29.3 Å². The summed E-state index contributed by atoms with van der Waals surface area (Å²) >= 11 is 0. The molecule has 0 unspecified atom stereocenters. The van der Waals surface area contributed by atoms with Crippen molar-refractivity contribution in [1.29, 1.82) is 0 Å². The van der Waals surface area contributed by atoms with E-state index in [-0.39, 0.29) is 12.5 Å². The molecule has 3 heterocycles. The average molecular weight is 327 g/mol. The minimum Gasteiger partial charge on any atom is -0.309 e. The average Bonchev–Trinajstić information content (AvgIpc) is 3.12. The highest BCUT2D eigenvalue weighted by Gasteiger charge is 2.15. The Morgan fingerprint density at radius 3 is 2.46 bits per heavy atom. The zero-order chi connectivity index (χ0) is 17.4. The Balaban J connectivity index is 1.74. The van der Waals surface area contributed by atoms with Crippen LogP contribution in [0.15, 0.2) is 18.3 Å². The highest BCUT2D eigenvalue weighted by Crippen LogP contribution is 2.24. The molecule has 0 fully saturated rings. The Labute approximate surface area is 140 Å². The summed E-state index contributed by atoms with van der Waals surface area (Å²) in [4.78, 5) is 12.2. The number of carbonyl (C=O) groups excluding carboxylic acids is 1. The van der Waals surface area contributed by atoms with E-state index in [0.717, 1.165) is 28.3 Å². The number of hydrogen-bond donors (Lipinski definition) is 1. The van der Waals surface area contributed by atoms with Crippen LogP contribution in [-0.4, -0.2) is 35.2 Å². The van der Waals surface area contributed by atoms with E-state index >= 15 is 0 Å². The van der Waals surface area contributed by atoms with Gasteiger partial charge in [-0.25, -0.2) is 0 Å². The minimum absolute atomic E-state index is 0.141. The van der Waals surface area contributed by atoms with Crippen LogP contribution >= 0.6 is 0 Å². The van der Waals surface area contributed by atoms with Crippen molar-refractivity contribution in [2.24, 2.45) is 14.1 Å². The molecule has 1 amide bonds. The number of nitrogens with zero attached hydrogens (tertiary/aromatic N) is 6. The Morgan fingerprint density at radius 2 is 1.88 bits per heavy atom. The SMILES string of the molecule is Cc1cc(NC(=O)Cn2ccc(-c3c(C)nn(C)c3C)n2)n(C)n1. The summed E-state index contributed by atoms with van der Waals surface area (Å²) in [5.74, 6) is 0.524. The Morgan fingerprint density at radius 1 is 1.12 bits per heavy atom. The zero-order valence-corrected chi connectivity index (χ0v) is 14.5. The zero-order valence-electron chi connectivity index (χ0n) is 14.5. The molecule has 0 bridgehead atoms. The molecule has 3 rings (SSSR count). The summed E-state index contributed by atoms with van der Waals surface area (Å²) in [5, 5.41) is 16.0. The fourth-order valence-electron chi connectivity index (χ4n) is 2.78. The molecule has 126 valence electrons. The molecule has 8 nitrogen and oxygen atoms in total. The lowest BCUT2D eigenvalue weighted by Crippen LogP contribution is -2.20. The normalized spacial score (nSPS) is 11.0. The van der Waals surface area contributed by atoms with Crippen LogP contribution in [0.25, 0.3) is 11.3 Å². The monoisotopic (exact) mass is 327 g/mol. The number of rotatable bonds is 4. The molecular formula is C16H21N7O. The van der Waals surface area contributed by atoms with E-state index < -0.39 is 0 Å². The first-order valence-electron chi connectivity index (χ1n) is 7.69. The van der Waals surface area contributed by atoms with E-state index in [1.807, 2.05) is 44.6 Å². The first-order chi connectivity index (χ1) is 11.3. The highest BCUT2D eigenvalue weighted by molar-refractivity contribution is 5.89. The fraction of sp³-hybridized carbons (Fsp3) is 0.375. The quantitative estimate of drug-likeness (QED) is 0.789. The van der Waals surface area contributed by atoms with Gasteiger partial charge < -0.3 is 5.32 Å². The minimum atomic E-state index is -0.146. The predicted molar refractivity (Wildman–Crippen MR) is 90.5 cm³/mol. The first-order valence-corrected chi connectivity index (χ1v) is 7.69. The second-order valence-electron chi connectivity index (χ2n) is 5.91. The van der Waals surface area contributed by atoms with Gasteiger partial charge in [0.05, 0.1) is 17.1 Å². The third-order valence-electron chi connectivity index (χ3n) is 3.98. The van der Waals surface area contributed by atoms with Crippen molar-refractivity contribution < 1.29 is 4.79 Å². The molecule has 3 aromatic heterocycles. The first kappa shape index (κ1) is 16.0. The Hall–Kier alpha value is -2.90. The number of anilines is 1. The number of aromatic nitrogens is 6. The molecule has 0 atom stereocenters. The van der Waals surface area contributed by atoms with Crippen LogP contribution < -0.4 is 5.32 Å². The third-order valence-corrected chi connectivity index (χ3v) is 3.98. The van der Waals surface area contributed by atoms with Gasteiger partial charge in [0, 0.05) is 37.6 Å². The molecule has 0 saturated carbocycles. The van der Waals surface area contributed by atoms with Crippen molar-refractivity contribution >= 4 is 11.7 Å². The lowest BCUT2D eigenvalue weighted by molar-refractivity contribution is -0.116. The van der Waals surface area contributed by atoms with Gasteiger partial charge in [-0.3, -0.25) is 18.8 Å². The molecule has 0 radical (unpaired) electrons. The van der Waals surface area contributed by atoms with Crippen LogP contribution in [0.1, 0.15) is 17.1 Å². The summed E-state index contributed by atoms with van der Waals surface area (Å²) in [7, 11) is 3.70. The van der Waals surface area contributed by atoms with Crippen molar-refractivity contribution in [3.05, 3.63) is 35.4 Å². The maximum Gasteiger partial charge on any atom is 0.247 e. The van der Waals surface area contributed by atoms with Gasteiger partial charge in [0.25, 0.3) is 0 Å². The standard InChI is InChI=1S/C16H21N7O/c1-10-8-14(22(5)18-10)17-15(24)9-23-7-6-13(20-23)16-11(2)19-21(4)12(16)3/h6-8H,9H2,1-5H3,(H,17,24). The second kappa shape index (κ2) is 5.95. The molecule has 0 aliphatic carbocycles. The molecule has 1 N–H and O–H groups in total. The van der Waals surface area contributed by atoms with E-state index in [9.17, 15) is 4.79 Å². The molecule has 0 spiro atoms. The number of nitrogens with one attached hydrogen (secondary N) is 1. The molecule has 24 heavy (non-hydrogen) atoms. The number of hydrogen-bond acceptors (Lipinski definition) is 4. The van der Waals surface area contributed by atoms with Crippen molar-refractivity contribution in [3.63, 3.8) is 0 Å². The van der Waals surface area contributed by atoms with Gasteiger partial charge in [-0.1, -0.05) is 0 Å². The van der Waals surface area contributed by atoms with Crippen molar-refractivity contribution in [2.75, 3.05) is 5.32 Å². The van der Waals surface area contributed by atoms with Gasteiger partial charge in [-0.2, -0.15) is 15.3 Å². The smallest absolute Gasteiger partial charge is 0.247 e. The van der Waals surface area contributed by atoms with Gasteiger partial charge >= 0.3 is 0 Å². The van der Waals surface area contributed by atoms with Gasteiger partial charge in [0.2, 0.25) is 5.91 Å². The van der Waals surface area contributed by atoms with Gasteiger partial charge in [0.15, 0.2) is 0 Å². The van der Waals surface area contributed by atoms with Crippen LogP contribution in [0.2, 0.25) is 0 Å². The van der Waals surface area contributed by atoms with E-state index in [4.69, 9.17) is 0 Å². The molecule has 0 aliphatic rings. The van der Waals surface area contributed by atoms with E-state index in [2.05, 4.69) is 20.6 Å².